The highest BCUT2D eigenvalue weighted by Gasteiger charge is 2.24. The van der Waals surface area contributed by atoms with Gasteiger partial charge in [-0.25, -0.2) is 21.2 Å². The molecule has 19 heavy (non-hydrogen) atoms. The van der Waals surface area contributed by atoms with Crippen molar-refractivity contribution in [2.75, 3.05) is 5.75 Å². The lowest BCUT2D eigenvalue weighted by Crippen LogP contribution is -2.21. The molecule has 0 fully saturated rings. The Balaban J connectivity index is 2.92. The van der Waals surface area contributed by atoms with Gasteiger partial charge >= 0.3 is 0 Å². The Morgan fingerprint density at radius 2 is 1.95 bits per heavy atom. The van der Waals surface area contributed by atoms with E-state index in [4.69, 9.17) is 0 Å². The fourth-order valence-electron chi connectivity index (χ4n) is 1.44. The highest BCUT2D eigenvalue weighted by Crippen LogP contribution is 2.19. The first-order valence-electron chi connectivity index (χ1n) is 5.54. The minimum atomic E-state index is -3.73. The minimum absolute atomic E-state index is 0.0623. The van der Waals surface area contributed by atoms with Gasteiger partial charge in [-0.2, -0.15) is 0 Å². The van der Waals surface area contributed by atoms with Gasteiger partial charge in [0.15, 0.2) is 19.7 Å². The average molecular weight is 306 g/mol. The lowest BCUT2D eigenvalue weighted by Gasteiger charge is -2.12. The van der Waals surface area contributed by atoms with Gasteiger partial charge in [0.05, 0.1) is 15.9 Å². The first kappa shape index (κ1) is 15.8. The molecular formula is C12H15FO4S2. The molecular weight excluding hydrogens is 291 g/mol. The predicted molar refractivity (Wildman–Crippen MR) is 71.6 cm³/mol. The Morgan fingerprint density at radius 1 is 1.32 bits per heavy atom. The maximum absolute atomic E-state index is 13.0. The standard InChI is InChI=1S/C12H15FO4S2/c1-3-18(14,15)8-7-10(2)19(16,17)12-6-4-5-11(13)9-12/h3-6,9-10H,1,7-8H2,2H3. The second kappa shape index (κ2) is 5.83. The summed E-state index contributed by atoms with van der Waals surface area (Å²) in [4.78, 5) is -0.143. The van der Waals surface area contributed by atoms with Crippen molar-refractivity contribution in [2.24, 2.45) is 0 Å². The largest absolute Gasteiger partial charge is 0.224 e. The van der Waals surface area contributed by atoms with Crippen LogP contribution in [-0.2, 0) is 19.7 Å². The predicted octanol–water partition coefficient (Wildman–Crippen LogP) is 1.94. The van der Waals surface area contributed by atoms with E-state index in [2.05, 4.69) is 6.58 Å². The van der Waals surface area contributed by atoms with Gasteiger partial charge < -0.3 is 0 Å². The Bertz CT molecular complexity index is 663. The smallest absolute Gasteiger partial charge is 0.181 e. The van der Waals surface area contributed by atoms with Crippen LogP contribution in [0.15, 0.2) is 41.1 Å². The van der Waals surface area contributed by atoms with E-state index in [0.29, 0.717) is 0 Å². The number of hydrogen-bond donors (Lipinski definition) is 0. The minimum Gasteiger partial charge on any atom is -0.224 e. The van der Waals surface area contributed by atoms with Crippen molar-refractivity contribution >= 4 is 19.7 Å². The van der Waals surface area contributed by atoms with Crippen LogP contribution in [0.4, 0.5) is 4.39 Å². The van der Waals surface area contributed by atoms with E-state index in [9.17, 15) is 21.2 Å². The molecule has 0 N–H and O–H groups in total. The molecule has 0 saturated heterocycles. The molecule has 0 saturated carbocycles. The van der Waals surface area contributed by atoms with Crippen LogP contribution in [0, 0.1) is 5.82 Å². The normalized spacial score (nSPS) is 14.0. The summed E-state index contributed by atoms with van der Waals surface area (Å²) in [5.74, 6) is -0.946. The lowest BCUT2D eigenvalue weighted by atomic mass is 10.3. The van der Waals surface area contributed by atoms with Crippen molar-refractivity contribution in [1.82, 2.24) is 0 Å². The van der Waals surface area contributed by atoms with E-state index in [1.807, 2.05) is 0 Å². The molecule has 1 aromatic rings. The van der Waals surface area contributed by atoms with Crippen LogP contribution >= 0.6 is 0 Å². The van der Waals surface area contributed by atoms with Gasteiger partial charge in [-0.05, 0) is 31.5 Å². The summed E-state index contributed by atoms with van der Waals surface area (Å²) < 4.78 is 59.7. The molecule has 0 amide bonds. The summed E-state index contributed by atoms with van der Waals surface area (Å²) in [6.07, 6.45) is -0.0623. The van der Waals surface area contributed by atoms with E-state index in [0.717, 1.165) is 17.5 Å². The third-order valence-electron chi connectivity index (χ3n) is 2.72. The van der Waals surface area contributed by atoms with E-state index >= 15 is 0 Å². The maximum Gasteiger partial charge on any atom is 0.181 e. The van der Waals surface area contributed by atoms with Crippen molar-refractivity contribution in [3.63, 3.8) is 0 Å². The molecule has 0 aliphatic rings. The maximum atomic E-state index is 13.0. The van der Waals surface area contributed by atoms with Crippen LogP contribution in [0.1, 0.15) is 13.3 Å². The van der Waals surface area contributed by atoms with Gasteiger partial charge in [0, 0.05) is 5.41 Å². The molecule has 106 valence electrons. The monoisotopic (exact) mass is 306 g/mol. The lowest BCUT2D eigenvalue weighted by molar-refractivity contribution is 0.575. The zero-order valence-corrected chi connectivity index (χ0v) is 12.0. The van der Waals surface area contributed by atoms with E-state index < -0.39 is 30.7 Å². The van der Waals surface area contributed by atoms with Gasteiger partial charge in [-0.3, -0.25) is 0 Å². The molecule has 0 heterocycles. The third kappa shape index (κ3) is 4.14. The summed E-state index contributed by atoms with van der Waals surface area (Å²) in [6.45, 7) is 4.56. The van der Waals surface area contributed by atoms with Crippen LogP contribution in [-0.4, -0.2) is 27.8 Å². The molecule has 0 aliphatic carbocycles. The van der Waals surface area contributed by atoms with Crippen molar-refractivity contribution in [1.29, 1.82) is 0 Å². The van der Waals surface area contributed by atoms with Gasteiger partial charge in [-0.15, -0.1) is 0 Å². The number of benzene rings is 1. The van der Waals surface area contributed by atoms with Gasteiger partial charge in [0.1, 0.15) is 5.82 Å². The highest BCUT2D eigenvalue weighted by atomic mass is 32.2. The molecule has 4 nitrogen and oxygen atoms in total. The first-order chi connectivity index (χ1) is 8.69. The second-order valence-corrected chi connectivity index (χ2v) is 8.57. The molecule has 0 spiro atoms. The summed E-state index contributed by atoms with van der Waals surface area (Å²) >= 11 is 0. The molecule has 0 aliphatic heterocycles. The molecule has 1 aromatic carbocycles. The van der Waals surface area contributed by atoms with Crippen molar-refractivity contribution in [3.8, 4) is 0 Å². The van der Waals surface area contributed by atoms with Crippen LogP contribution in [0.5, 0.6) is 0 Å². The average Bonchev–Trinajstić information content (AvgIpc) is 2.36. The number of halogens is 1. The van der Waals surface area contributed by atoms with Crippen molar-refractivity contribution in [2.45, 2.75) is 23.5 Å². The summed E-state index contributed by atoms with van der Waals surface area (Å²) in [6, 6.07) is 4.66. The van der Waals surface area contributed by atoms with E-state index in [1.165, 1.54) is 19.1 Å². The molecule has 0 radical (unpaired) electrons. The zero-order chi connectivity index (χ0) is 14.7. The Hall–Kier alpha value is -1.21. The molecule has 7 heteroatoms. The number of hydrogen-bond acceptors (Lipinski definition) is 4. The molecule has 0 bridgehead atoms. The summed E-state index contributed by atoms with van der Waals surface area (Å²) in [7, 11) is -7.17. The Kier molecular flexibility index (Phi) is 4.86. The Morgan fingerprint density at radius 3 is 2.47 bits per heavy atom. The quantitative estimate of drug-likeness (QED) is 0.805. The first-order valence-corrected chi connectivity index (χ1v) is 8.80. The fraction of sp³-hybridized carbons (Fsp3) is 0.333. The summed E-state index contributed by atoms with van der Waals surface area (Å²) in [5, 5.41) is -0.113. The molecule has 1 atom stereocenters. The molecule has 0 aromatic heterocycles. The highest BCUT2D eigenvalue weighted by molar-refractivity contribution is 7.94. The van der Waals surface area contributed by atoms with Gasteiger partial charge in [0.2, 0.25) is 0 Å². The van der Waals surface area contributed by atoms with Gasteiger partial charge in [0.25, 0.3) is 0 Å². The van der Waals surface area contributed by atoms with Crippen LogP contribution in [0.3, 0.4) is 0 Å². The molecule has 1 rings (SSSR count). The SMILES string of the molecule is C=CS(=O)(=O)CCC(C)S(=O)(=O)c1cccc(F)c1. The summed E-state index contributed by atoms with van der Waals surface area (Å²) in [5.41, 5.74) is 0. The fourth-order valence-corrected chi connectivity index (χ4v) is 3.88. The number of sulfone groups is 2. The van der Waals surface area contributed by atoms with Crippen molar-refractivity contribution < 1.29 is 21.2 Å². The van der Waals surface area contributed by atoms with Crippen LogP contribution in [0.25, 0.3) is 0 Å². The molecule has 1 unspecified atom stereocenters. The second-order valence-electron chi connectivity index (χ2n) is 4.14. The van der Waals surface area contributed by atoms with Gasteiger partial charge in [-0.1, -0.05) is 12.6 Å². The third-order valence-corrected chi connectivity index (χ3v) is 6.24. The van der Waals surface area contributed by atoms with Crippen molar-refractivity contribution in [3.05, 3.63) is 42.1 Å². The van der Waals surface area contributed by atoms with E-state index in [1.54, 1.807) is 0 Å². The topological polar surface area (TPSA) is 68.3 Å². The van der Waals surface area contributed by atoms with Crippen LogP contribution in [0.2, 0.25) is 0 Å². The van der Waals surface area contributed by atoms with E-state index in [-0.39, 0.29) is 17.1 Å². The van der Waals surface area contributed by atoms with Crippen LogP contribution < -0.4 is 0 Å². The number of rotatable bonds is 6. The Labute approximate surface area is 112 Å². The zero-order valence-electron chi connectivity index (χ0n) is 10.4.